The summed E-state index contributed by atoms with van der Waals surface area (Å²) in [6.45, 7) is 2.05. The van der Waals surface area contributed by atoms with Crippen LogP contribution in [0.25, 0.3) is 0 Å². The van der Waals surface area contributed by atoms with Crippen molar-refractivity contribution in [2.24, 2.45) is 0 Å². The third kappa shape index (κ3) is 4.64. The van der Waals surface area contributed by atoms with Crippen LogP contribution in [0.4, 0.5) is 13.9 Å². The molecule has 0 bridgehead atoms. The van der Waals surface area contributed by atoms with Gasteiger partial charge >= 0.3 is 0 Å². The van der Waals surface area contributed by atoms with E-state index in [0.29, 0.717) is 26.4 Å². The van der Waals surface area contributed by atoms with Gasteiger partial charge in [-0.1, -0.05) is 48.2 Å². The summed E-state index contributed by atoms with van der Waals surface area (Å²) in [5.74, 6) is -1.16. The third-order valence-corrected chi connectivity index (χ3v) is 5.64. The molecule has 0 spiro atoms. The lowest BCUT2D eigenvalue weighted by Crippen LogP contribution is -2.11. The molecule has 3 aromatic rings. The average Bonchev–Trinajstić information content (AvgIpc) is 3.08. The van der Waals surface area contributed by atoms with Gasteiger partial charge in [0.15, 0.2) is 4.34 Å². The third-order valence-electron chi connectivity index (χ3n) is 3.62. The summed E-state index contributed by atoms with van der Waals surface area (Å²) in [5, 5.41) is 11.0. The Morgan fingerprint density at radius 2 is 1.92 bits per heavy atom. The Hall–Kier alpha value is -2.32. The normalized spacial score (nSPS) is 10.7. The number of carbonyl (C=O) groups excluding carboxylic acids is 1. The fourth-order valence-corrected chi connectivity index (χ4v) is 3.89. The summed E-state index contributed by atoms with van der Waals surface area (Å²) in [5.41, 5.74) is 2.08. The van der Waals surface area contributed by atoms with E-state index >= 15 is 0 Å². The van der Waals surface area contributed by atoms with E-state index in [1.54, 1.807) is 12.1 Å². The molecule has 134 valence electrons. The largest absolute Gasteiger partial charge is 0.296 e. The number of rotatable bonds is 6. The molecule has 26 heavy (non-hydrogen) atoms. The Morgan fingerprint density at radius 1 is 1.15 bits per heavy atom. The van der Waals surface area contributed by atoms with Crippen LogP contribution in [-0.4, -0.2) is 16.1 Å². The highest BCUT2D eigenvalue weighted by Gasteiger charge is 2.12. The maximum absolute atomic E-state index is 13.6. The van der Waals surface area contributed by atoms with Crippen molar-refractivity contribution in [3.05, 3.63) is 70.8 Å². The van der Waals surface area contributed by atoms with Crippen molar-refractivity contribution in [1.29, 1.82) is 0 Å². The fraction of sp³-hybridized carbons (Fsp3) is 0.167. The van der Waals surface area contributed by atoms with Crippen molar-refractivity contribution >= 4 is 34.1 Å². The van der Waals surface area contributed by atoms with Crippen molar-refractivity contribution in [1.82, 2.24) is 10.2 Å². The number of hydrogen-bond donors (Lipinski definition) is 1. The number of hydrogen-bond acceptors (Lipinski definition) is 5. The number of thioether (sulfide) groups is 1. The first-order chi connectivity index (χ1) is 12.5. The average molecular weight is 391 g/mol. The van der Waals surface area contributed by atoms with E-state index in [-0.39, 0.29) is 5.91 Å². The molecule has 8 heteroatoms. The molecule has 0 aliphatic rings. The van der Waals surface area contributed by atoms with Gasteiger partial charge in [-0.2, -0.15) is 0 Å². The van der Waals surface area contributed by atoms with Crippen LogP contribution >= 0.6 is 23.1 Å². The second-order valence-corrected chi connectivity index (χ2v) is 7.60. The molecule has 1 amide bonds. The Bertz CT molecular complexity index is 913. The zero-order valence-electron chi connectivity index (χ0n) is 13.8. The lowest BCUT2D eigenvalue weighted by molar-refractivity contribution is 0.102. The van der Waals surface area contributed by atoms with Gasteiger partial charge in [-0.05, 0) is 35.7 Å². The van der Waals surface area contributed by atoms with Gasteiger partial charge in [-0.3, -0.25) is 10.1 Å². The number of anilines is 1. The predicted molar refractivity (Wildman–Crippen MR) is 99.6 cm³/mol. The topological polar surface area (TPSA) is 54.9 Å². The maximum Gasteiger partial charge on any atom is 0.257 e. The van der Waals surface area contributed by atoms with Crippen LogP contribution < -0.4 is 5.32 Å². The first-order valence-electron chi connectivity index (χ1n) is 7.85. The van der Waals surface area contributed by atoms with Crippen molar-refractivity contribution in [3.8, 4) is 0 Å². The molecular formula is C18H15F2N3OS2. The summed E-state index contributed by atoms with van der Waals surface area (Å²) < 4.78 is 27.1. The zero-order chi connectivity index (χ0) is 18.5. The Morgan fingerprint density at radius 3 is 2.62 bits per heavy atom. The molecule has 0 saturated carbocycles. The zero-order valence-corrected chi connectivity index (χ0v) is 15.5. The molecule has 0 aliphatic carbocycles. The molecule has 0 saturated heterocycles. The van der Waals surface area contributed by atoms with Gasteiger partial charge in [0.2, 0.25) is 5.13 Å². The van der Waals surface area contributed by atoms with E-state index in [1.165, 1.54) is 35.2 Å². The quantitative estimate of drug-likeness (QED) is 0.478. The van der Waals surface area contributed by atoms with Crippen LogP contribution in [-0.2, 0) is 12.2 Å². The van der Waals surface area contributed by atoms with E-state index < -0.39 is 11.6 Å². The maximum atomic E-state index is 13.6. The standard InChI is InChI=1S/C18H15F2N3OS2/c1-2-11-3-5-12(6-4-11)16(24)21-17-22-23-18(26-17)25-10-13-7-8-14(19)9-15(13)20/h3-9H,2,10H2,1H3,(H,21,22,24). The second kappa shape index (κ2) is 8.37. The molecule has 2 aromatic carbocycles. The lowest BCUT2D eigenvalue weighted by Gasteiger charge is -2.02. The number of amides is 1. The van der Waals surface area contributed by atoms with Crippen LogP contribution in [0.3, 0.4) is 0 Å². The van der Waals surface area contributed by atoms with Gasteiger partial charge in [0, 0.05) is 17.4 Å². The molecule has 4 nitrogen and oxygen atoms in total. The summed E-state index contributed by atoms with van der Waals surface area (Å²) in [7, 11) is 0. The number of nitrogens with zero attached hydrogens (tertiary/aromatic N) is 2. The summed E-state index contributed by atoms with van der Waals surface area (Å²) in [4.78, 5) is 12.2. The Labute approximate surface area is 157 Å². The minimum Gasteiger partial charge on any atom is -0.296 e. The van der Waals surface area contributed by atoms with Gasteiger partial charge in [-0.15, -0.1) is 10.2 Å². The van der Waals surface area contributed by atoms with Gasteiger partial charge in [0.1, 0.15) is 11.6 Å². The summed E-state index contributed by atoms with van der Waals surface area (Å²) in [6, 6.07) is 10.8. The second-order valence-electron chi connectivity index (χ2n) is 5.40. The minimum absolute atomic E-state index is 0.259. The van der Waals surface area contributed by atoms with Crippen LogP contribution in [0.15, 0.2) is 46.8 Å². The summed E-state index contributed by atoms with van der Waals surface area (Å²) in [6.07, 6.45) is 0.910. The minimum atomic E-state index is -0.607. The highest BCUT2D eigenvalue weighted by Crippen LogP contribution is 2.29. The van der Waals surface area contributed by atoms with E-state index in [9.17, 15) is 13.6 Å². The fourth-order valence-electron chi connectivity index (χ4n) is 2.16. The van der Waals surface area contributed by atoms with Crippen molar-refractivity contribution in [3.63, 3.8) is 0 Å². The molecule has 0 aliphatic heterocycles. The number of nitrogens with one attached hydrogen (secondary N) is 1. The SMILES string of the molecule is CCc1ccc(C(=O)Nc2nnc(SCc3ccc(F)cc3F)s2)cc1. The number of halogens is 2. The van der Waals surface area contributed by atoms with Gasteiger partial charge in [0.25, 0.3) is 5.91 Å². The van der Waals surface area contributed by atoms with E-state index in [0.717, 1.165) is 18.1 Å². The monoisotopic (exact) mass is 391 g/mol. The van der Waals surface area contributed by atoms with E-state index in [4.69, 9.17) is 0 Å². The Balaban J connectivity index is 1.59. The number of aryl methyl sites for hydroxylation is 1. The Kier molecular flexibility index (Phi) is 5.95. The molecule has 1 N–H and O–H groups in total. The predicted octanol–water partition coefficient (Wildman–Crippen LogP) is 4.92. The van der Waals surface area contributed by atoms with Gasteiger partial charge < -0.3 is 0 Å². The molecule has 3 rings (SSSR count). The molecule has 1 heterocycles. The van der Waals surface area contributed by atoms with Crippen LogP contribution in [0.1, 0.15) is 28.4 Å². The first-order valence-corrected chi connectivity index (χ1v) is 9.66. The van der Waals surface area contributed by atoms with Crippen molar-refractivity contribution < 1.29 is 13.6 Å². The van der Waals surface area contributed by atoms with Crippen LogP contribution in [0.2, 0.25) is 0 Å². The van der Waals surface area contributed by atoms with Crippen LogP contribution in [0.5, 0.6) is 0 Å². The highest BCUT2D eigenvalue weighted by molar-refractivity contribution is 8.00. The molecule has 1 aromatic heterocycles. The molecule has 0 radical (unpaired) electrons. The smallest absolute Gasteiger partial charge is 0.257 e. The van der Waals surface area contributed by atoms with Crippen LogP contribution in [0, 0.1) is 11.6 Å². The first kappa shape index (κ1) is 18.5. The van der Waals surface area contributed by atoms with E-state index in [1.807, 2.05) is 19.1 Å². The lowest BCUT2D eigenvalue weighted by atomic mass is 10.1. The summed E-state index contributed by atoms with van der Waals surface area (Å²) >= 11 is 2.48. The number of benzene rings is 2. The number of aromatic nitrogens is 2. The highest BCUT2D eigenvalue weighted by atomic mass is 32.2. The number of carbonyl (C=O) groups is 1. The van der Waals surface area contributed by atoms with Crippen molar-refractivity contribution in [2.45, 2.75) is 23.4 Å². The molecule has 0 atom stereocenters. The molecule has 0 unspecified atom stereocenters. The van der Waals surface area contributed by atoms with Gasteiger partial charge in [0.05, 0.1) is 0 Å². The van der Waals surface area contributed by atoms with Crippen molar-refractivity contribution in [2.75, 3.05) is 5.32 Å². The molecular weight excluding hydrogens is 376 g/mol. The molecule has 0 fully saturated rings. The van der Waals surface area contributed by atoms with E-state index in [2.05, 4.69) is 15.5 Å². The van der Waals surface area contributed by atoms with Gasteiger partial charge in [-0.25, -0.2) is 8.78 Å².